The van der Waals surface area contributed by atoms with Crippen LogP contribution in [0.25, 0.3) is 0 Å². The maximum Gasteiger partial charge on any atom is 0.303 e. The highest BCUT2D eigenvalue weighted by molar-refractivity contribution is 6.74. The van der Waals surface area contributed by atoms with E-state index in [1.165, 1.54) is 6.42 Å². The number of aliphatic hydroxyl groups is 1. The van der Waals surface area contributed by atoms with Crippen LogP contribution in [0.3, 0.4) is 0 Å². The number of ether oxygens (including phenoxy) is 2. The van der Waals surface area contributed by atoms with Gasteiger partial charge in [0.2, 0.25) is 6.29 Å². The maximum atomic E-state index is 11.6. The lowest BCUT2D eigenvalue weighted by Crippen LogP contribution is -2.45. The van der Waals surface area contributed by atoms with E-state index in [0.717, 1.165) is 25.7 Å². The summed E-state index contributed by atoms with van der Waals surface area (Å²) < 4.78 is 18.7. The second-order valence-corrected chi connectivity index (χ2v) is 16.5. The van der Waals surface area contributed by atoms with Crippen LogP contribution in [0.5, 0.6) is 0 Å². The predicted molar refractivity (Wildman–Crippen MR) is 138 cm³/mol. The fourth-order valence-electron chi connectivity index (χ4n) is 4.90. The van der Waals surface area contributed by atoms with Crippen LogP contribution in [0.4, 0.5) is 0 Å². The van der Waals surface area contributed by atoms with E-state index >= 15 is 0 Å². The Hall–Kier alpha value is -1.15. The van der Waals surface area contributed by atoms with Crippen molar-refractivity contribution in [2.24, 2.45) is 17.8 Å². The lowest BCUT2D eigenvalue weighted by atomic mass is 9.84. The molecule has 196 valence electrons. The Morgan fingerprint density at radius 1 is 1.21 bits per heavy atom. The first-order valence-electron chi connectivity index (χ1n) is 13.1. The van der Waals surface area contributed by atoms with Gasteiger partial charge in [-0.3, -0.25) is 4.79 Å². The average molecular weight is 497 g/mol. The van der Waals surface area contributed by atoms with Gasteiger partial charge in [0, 0.05) is 18.4 Å². The van der Waals surface area contributed by atoms with Crippen molar-refractivity contribution in [2.75, 3.05) is 0 Å². The van der Waals surface area contributed by atoms with Crippen molar-refractivity contribution >= 4 is 14.3 Å². The van der Waals surface area contributed by atoms with E-state index in [2.05, 4.69) is 47.7 Å². The molecule has 7 atom stereocenters. The molecule has 0 bridgehead atoms. The number of carboxylic acids is 1. The largest absolute Gasteiger partial charge is 0.481 e. The Balaban J connectivity index is 2.18. The maximum absolute atomic E-state index is 11.6. The first-order valence-corrected chi connectivity index (χ1v) is 16.0. The van der Waals surface area contributed by atoms with Gasteiger partial charge in [0.25, 0.3) is 0 Å². The molecule has 1 saturated carbocycles. The van der Waals surface area contributed by atoms with E-state index < -0.39 is 26.7 Å². The first-order chi connectivity index (χ1) is 15.9. The third-order valence-electron chi connectivity index (χ3n) is 8.07. The Morgan fingerprint density at radius 2 is 1.91 bits per heavy atom. The molecule has 0 aromatic rings. The van der Waals surface area contributed by atoms with Gasteiger partial charge in [0.05, 0.1) is 24.9 Å². The van der Waals surface area contributed by atoms with Crippen molar-refractivity contribution in [3.63, 3.8) is 0 Å². The molecular formula is C27H48O6Si. The molecule has 0 radical (unpaired) electrons. The molecule has 2 aliphatic rings. The van der Waals surface area contributed by atoms with Crippen LogP contribution in [-0.2, 0) is 18.7 Å². The molecule has 0 saturated heterocycles. The third-order valence-corrected chi connectivity index (χ3v) is 12.6. The van der Waals surface area contributed by atoms with E-state index in [1.807, 2.05) is 12.2 Å². The molecule has 2 N–H and O–H groups in total. The second kappa shape index (κ2) is 12.7. The van der Waals surface area contributed by atoms with Crippen molar-refractivity contribution in [3.05, 3.63) is 24.5 Å². The van der Waals surface area contributed by atoms with Crippen molar-refractivity contribution in [1.82, 2.24) is 0 Å². The van der Waals surface area contributed by atoms with Gasteiger partial charge >= 0.3 is 5.97 Å². The normalized spacial score (nSPS) is 29.1. The van der Waals surface area contributed by atoms with Crippen molar-refractivity contribution in [3.8, 4) is 0 Å². The minimum Gasteiger partial charge on any atom is -0.481 e. The van der Waals surface area contributed by atoms with Crippen LogP contribution in [0.2, 0.25) is 18.1 Å². The molecule has 1 aliphatic heterocycles. The van der Waals surface area contributed by atoms with Crippen molar-refractivity contribution in [1.29, 1.82) is 0 Å². The van der Waals surface area contributed by atoms with Crippen molar-refractivity contribution in [2.45, 2.75) is 122 Å². The highest BCUT2D eigenvalue weighted by atomic mass is 28.4. The zero-order valence-electron chi connectivity index (χ0n) is 22.3. The topological polar surface area (TPSA) is 85.2 Å². The van der Waals surface area contributed by atoms with E-state index in [1.54, 1.807) is 12.3 Å². The summed E-state index contributed by atoms with van der Waals surface area (Å²) in [4.78, 5) is 11.6. The van der Waals surface area contributed by atoms with Gasteiger partial charge in [-0.15, -0.1) is 0 Å². The molecule has 0 aromatic carbocycles. The standard InChI is InChI=1S/C27H48O6Si/c1-8-9-12-19(2)23(33-34(6,7)27(3,4)5)15-14-20-21(17-25(29)30)22(28)18-24(20)32-26-13-10-11-16-31-26/h10-11,13,16,19-24,26,28H,8-9,12,14-15,17-18H2,1-7H3,(H,29,30)/t19?,20-,21?,22-,23?,24+,26+/m0/s1. The fraction of sp³-hybridized carbons (Fsp3) is 0.815. The van der Waals surface area contributed by atoms with E-state index in [4.69, 9.17) is 13.9 Å². The number of rotatable bonds is 13. The van der Waals surface area contributed by atoms with Crippen LogP contribution < -0.4 is 0 Å². The monoisotopic (exact) mass is 496 g/mol. The Labute approximate surface area is 207 Å². The highest BCUT2D eigenvalue weighted by Gasteiger charge is 2.46. The van der Waals surface area contributed by atoms with Crippen LogP contribution in [0, 0.1) is 17.8 Å². The summed E-state index contributed by atoms with van der Waals surface area (Å²) in [6.45, 7) is 15.9. The SMILES string of the molecule is CCCCC(C)C(CC[C@H]1C(CC(=O)O)[C@@H](O)C[C@H]1O[C@@H]1C=CC=CO1)O[Si](C)(C)C(C)(C)C. The number of unbranched alkanes of at least 4 members (excludes halogenated alkanes) is 1. The zero-order chi connectivity index (χ0) is 25.5. The number of hydrogen-bond acceptors (Lipinski definition) is 5. The second-order valence-electron chi connectivity index (χ2n) is 11.7. The summed E-state index contributed by atoms with van der Waals surface area (Å²) in [6, 6.07) is 0. The molecule has 1 fully saturated rings. The van der Waals surface area contributed by atoms with Gasteiger partial charge in [-0.2, -0.15) is 0 Å². The fourth-order valence-corrected chi connectivity index (χ4v) is 6.36. The summed E-state index contributed by atoms with van der Waals surface area (Å²) >= 11 is 0. The molecule has 0 spiro atoms. The first kappa shape index (κ1) is 29.1. The molecule has 1 aliphatic carbocycles. The molecule has 34 heavy (non-hydrogen) atoms. The van der Waals surface area contributed by atoms with Crippen LogP contribution in [0.15, 0.2) is 24.5 Å². The Bertz CT molecular complexity index is 698. The van der Waals surface area contributed by atoms with Gasteiger partial charge in [-0.05, 0) is 61.4 Å². The molecule has 3 unspecified atom stereocenters. The Morgan fingerprint density at radius 3 is 2.47 bits per heavy atom. The van der Waals surface area contributed by atoms with Gasteiger partial charge in [0.15, 0.2) is 8.32 Å². The highest BCUT2D eigenvalue weighted by Crippen LogP contribution is 2.43. The molecule has 6 nitrogen and oxygen atoms in total. The number of carbonyl (C=O) groups is 1. The lowest BCUT2D eigenvalue weighted by Gasteiger charge is -2.41. The minimum atomic E-state index is -1.97. The smallest absolute Gasteiger partial charge is 0.303 e. The summed E-state index contributed by atoms with van der Waals surface area (Å²) in [5.74, 6) is -0.841. The number of allylic oxidation sites excluding steroid dienone is 2. The summed E-state index contributed by atoms with van der Waals surface area (Å²) in [5.41, 5.74) is 0. The van der Waals surface area contributed by atoms with Crippen molar-refractivity contribution < 1.29 is 28.9 Å². The van der Waals surface area contributed by atoms with Gasteiger partial charge < -0.3 is 24.1 Å². The van der Waals surface area contributed by atoms with E-state index in [-0.39, 0.29) is 35.5 Å². The summed E-state index contributed by atoms with van der Waals surface area (Å²) in [7, 11) is -1.97. The summed E-state index contributed by atoms with van der Waals surface area (Å²) in [6.07, 6.45) is 11.2. The quantitative estimate of drug-likeness (QED) is 0.292. The summed E-state index contributed by atoms with van der Waals surface area (Å²) in [5, 5.41) is 20.4. The predicted octanol–water partition coefficient (Wildman–Crippen LogP) is 6.27. The van der Waals surface area contributed by atoms with Crippen LogP contribution in [0.1, 0.15) is 79.6 Å². The van der Waals surface area contributed by atoms with E-state index in [9.17, 15) is 15.0 Å². The van der Waals surface area contributed by atoms with E-state index in [0.29, 0.717) is 12.3 Å². The van der Waals surface area contributed by atoms with Crippen LogP contribution >= 0.6 is 0 Å². The molecular weight excluding hydrogens is 448 g/mol. The molecule has 0 amide bonds. The molecule has 7 heteroatoms. The van der Waals surface area contributed by atoms with Gasteiger partial charge in [0.1, 0.15) is 0 Å². The third kappa shape index (κ3) is 8.21. The molecule has 0 aromatic heterocycles. The molecule has 1 heterocycles. The number of carboxylic acid groups (broad SMARTS) is 1. The number of aliphatic hydroxyl groups excluding tert-OH is 1. The average Bonchev–Trinajstić information content (AvgIpc) is 3.02. The number of hydrogen-bond donors (Lipinski definition) is 2. The molecule has 2 rings (SSSR count). The van der Waals surface area contributed by atoms with Crippen LogP contribution in [-0.4, -0.2) is 49.1 Å². The minimum absolute atomic E-state index is 0.0495. The van der Waals surface area contributed by atoms with Gasteiger partial charge in [-0.1, -0.05) is 53.5 Å². The Kier molecular flexibility index (Phi) is 10.9. The van der Waals surface area contributed by atoms with Gasteiger partial charge in [-0.25, -0.2) is 0 Å². The zero-order valence-corrected chi connectivity index (χ0v) is 23.3. The number of aliphatic carboxylic acids is 1. The lowest BCUT2D eigenvalue weighted by molar-refractivity contribution is -0.140.